The Morgan fingerprint density at radius 3 is 2.31 bits per heavy atom. The number of hydrogen-bond donors (Lipinski definition) is 0. The predicted molar refractivity (Wildman–Crippen MR) is 145 cm³/mol. The van der Waals surface area contributed by atoms with Crippen LogP contribution in [0.4, 0.5) is 0 Å². The zero-order chi connectivity index (χ0) is 28.2. The highest BCUT2D eigenvalue weighted by atomic mass is 16.3. The molecule has 0 aliphatic carbocycles. The first-order valence-corrected chi connectivity index (χ1v) is 11.7. The standard InChI is InChI=1S/C33H25N2O/c1-21-12-17-29(35(3)20-21)30-22(2)13-15-27-28-16-14-26(19-34)31(33(28)36-32(27)30)25-11-7-10-24(18-25)23-8-5-4-6-9-23/h4-18,20H,1-3H3/q+1/i1D3,20D. The van der Waals surface area contributed by atoms with Crippen molar-refractivity contribution in [1.29, 1.82) is 5.26 Å². The van der Waals surface area contributed by atoms with E-state index in [0.29, 0.717) is 22.4 Å². The van der Waals surface area contributed by atoms with Crippen LogP contribution < -0.4 is 4.57 Å². The fourth-order valence-corrected chi connectivity index (χ4v) is 4.99. The number of furan rings is 1. The van der Waals surface area contributed by atoms with Crippen LogP contribution in [0.25, 0.3) is 55.4 Å². The minimum Gasteiger partial charge on any atom is -0.454 e. The normalized spacial score (nSPS) is 13.1. The van der Waals surface area contributed by atoms with Gasteiger partial charge in [0, 0.05) is 32.1 Å². The summed E-state index contributed by atoms with van der Waals surface area (Å²) in [4.78, 5) is 0. The first-order chi connectivity index (χ1) is 19.2. The molecule has 0 unspecified atom stereocenters. The van der Waals surface area contributed by atoms with Crippen LogP contribution in [0.2, 0.25) is 0 Å². The van der Waals surface area contributed by atoms with Crippen LogP contribution in [0, 0.1) is 25.1 Å². The summed E-state index contributed by atoms with van der Waals surface area (Å²) in [6.45, 7) is -0.418. The van der Waals surface area contributed by atoms with Gasteiger partial charge in [0.05, 0.1) is 17.2 Å². The number of aromatic nitrogens is 1. The van der Waals surface area contributed by atoms with Gasteiger partial charge in [-0.25, -0.2) is 4.57 Å². The van der Waals surface area contributed by atoms with Gasteiger partial charge >= 0.3 is 0 Å². The highest BCUT2D eigenvalue weighted by Crippen LogP contribution is 2.42. The Hall–Kier alpha value is -4.68. The van der Waals surface area contributed by atoms with Gasteiger partial charge in [-0.15, -0.1) is 0 Å². The summed E-state index contributed by atoms with van der Waals surface area (Å²) >= 11 is 0. The molecule has 0 amide bonds. The first kappa shape index (κ1) is 17.7. The van der Waals surface area contributed by atoms with Crippen molar-refractivity contribution in [2.45, 2.75) is 13.8 Å². The molecule has 172 valence electrons. The Balaban J connectivity index is 1.63. The molecule has 0 saturated heterocycles. The van der Waals surface area contributed by atoms with Crippen molar-refractivity contribution in [3.05, 3.63) is 114 Å². The maximum Gasteiger partial charge on any atom is 0.216 e. The molecule has 0 saturated carbocycles. The van der Waals surface area contributed by atoms with Crippen LogP contribution >= 0.6 is 0 Å². The van der Waals surface area contributed by atoms with Crippen LogP contribution in [-0.4, -0.2) is 0 Å². The monoisotopic (exact) mass is 469 g/mol. The predicted octanol–water partition coefficient (Wildman–Crippen LogP) is 7.90. The van der Waals surface area contributed by atoms with E-state index < -0.39 is 6.85 Å². The molecule has 36 heavy (non-hydrogen) atoms. The fourth-order valence-electron chi connectivity index (χ4n) is 4.99. The van der Waals surface area contributed by atoms with Gasteiger partial charge < -0.3 is 4.42 Å². The number of nitriles is 1. The SMILES string of the molecule is [2H]c1c(C([2H])([2H])[2H])ccc(-c2c(C)ccc3c2oc2c(-c4cccc(-c5ccccc5)c4)c(C#N)ccc23)[n+]1C. The third kappa shape index (κ3) is 3.47. The van der Waals surface area contributed by atoms with Gasteiger partial charge in [-0.3, -0.25) is 0 Å². The van der Waals surface area contributed by atoms with Gasteiger partial charge in [0.25, 0.3) is 0 Å². The average molecular weight is 470 g/mol. The lowest BCUT2D eigenvalue weighted by Gasteiger charge is -2.08. The van der Waals surface area contributed by atoms with Gasteiger partial charge in [-0.1, -0.05) is 60.7 Å². The third-order valence-electron chi connectivity index (χ3n) is 6.71. The van der Waals surface area contributed by atoms with Crippen molar-refractivity contribution >= 4 is 21.9 Å². The van der Waals surface area contributed by atoms with Crippen LogP contribution in [0.5, 0.6) is 0 Å². The van der Waals surface area contributed by atoms with Gasteiger partial charge in [-0.05, 0) is 60.3 Å². The molecule has 0 N–H and O–H groups in total. The lowest BCUT2D eigenvalue weighted by atomic mass is 9.94. The molecule has 2 aromatic heterocycles. The highest BCUT2D eigenvalue weighted by Gasteiger charge is 2.23. The molecular weight excluding hydrogens is 440 g/mol. The molecule has 6 rings (SSSR count). The Morgan fingerprint density at radius 2 is 1.53 bits per heavy atom. The zero-order valence-corrected chi connectivity index (χ0v) is 20.0. The molecule has 3 nitrogen and oxygen atoms in total. The van der Waals surface area contributed by atoms with Crippen molar-refractivity contribution in [2.75, 3.05) is 0 Å². The van der Waals surface area contributed by atoms with Crippen molar-refractivity contribution in [2.24, 2.45) is 7.05 Å². The molecule has 3 heteroatoms. The van der Waals surface area contributed by atoms with E-state index in [2.05, 4.69) is 24.3 Å². The van der Waals surface area contributed by atoms with Crippen LogP contribution in [0.1, 0.15) is 22.2 Å². The molecule has 0 atom stereocenters. The number of pyridine rings is 1. The topological polar surface area (TPSA) is 40.8 Å². The summed E-state index contributed by atoms with van der Waals surface area (Å²) in [6, 6.07) is 31.5. The lowest BCUT2D eigenvalue weighted by molar-refractivity contribution is -0.660. The van der Waals surface area contributed by atoms with E-state index >= 15 is 0 Å². The average Bonchev–Trinajstić information content (AvgIpc) is 3.32. The molecular formula is C33H25N2O+. The minimum absolute atomic E-state index is 0.00701. The number of fused-ring (bicyclic) bond motifs is 3. The lowest BCUT2D eigenvalue weighted by Crippen LogP contribution is -2.31. The van der Waals surface area contributed by atoms with Crippen molar-refractivity contribution in [1.82, 2.24) is 0 Å². The summed E-state index contributed by atoms with van der Waals surface area (Å²) < 4.78 is 40.2. The van der Waals surface area contributed by atoms with Crippen LogP contribution in [-0.2, 0) is 7.05 Å². The Kier molecular flexibility index (Phi) is 4.19. The van der Waals surface area contributed by atoms with Crippen molar-refractivity contribution in [3.63, 3.8) is 0 Å². The van der Waals surface area contributed by atoms with E-state index in [4.69, 9.17) is 9.90 Å². The Morgan fingerprint density at radius 1 is 0.806 bits per heavy atom. The summed E-state index contributed by atoms with van der Waals surface area (Å²) in [7, 11) is 1.70. The minimum atomic E-state index is -2.38. The Bertz CT molecular complexity index is 1980. The number of nitrogens with zero attached hydrogens (tertiary/aromatic N) is 2. The van der Waals surface area contributed by atoms with E-state index in [0.717, 1.165) is 44.2 Å². The maximum atomic E-state index is 10.1. The summed E-state index contributed by atoms with van der Waals surface area (Å²) in [5.74, 6) is 0. The van der Waals surface area contributed by atoms with E-state index in [-0.39, 0.29) is 11.7 Å². The first-order valence-electron chi connectivity index (χ1n) is 13.7. The summed E-state index contributed by atoms with van der Waals surface area (Å²) in [5.41, 5.74) is 7.84. The number of benzene rings is 4. The van der Waals surface area contributed by atoms with E-state index in [1.54, 1.807) is 17.7 Å². The molecule has 6 aromatic rings. The van der Waals surface area contributed by atoms with Gasteiger partial charge in [0.1, 0.15) is 19.6 Å². The smallest absolute Gasteiger partial charge is 0.216 e. The van der Waals surface area contributed by atoms with E-state index in [1.165, 1.54) is 6.07 Å². The highest BCUT2D eigenvalue weighted by molar-refractivity contribution is 6.14. The molecule has 0 bridgehead atoms. The quantitative estimate of drug-likeness (QED) is 0.247. The molecule has 4 aromatic carbocycles. The van der Waals surface area contributed by atoms with Crippen LogP contribution in [0.3, 0.4) is 0 Å². The molecule has 0 radical (unpaired) electrons. The van der Waals surface area contributed by atoms with E-state index in [9.17, 15) is 5.26 Å². The van der Waals surface area contributed by atoms with Crippen LogP contribution in [0.15, 0.2) is 102 Å². The maximum absolute atomic E-state index is 10.1. The number of hydrogen-bond acceptors (Lipinski definition) is 2. The number of aryl methyl sites for hydroxylation is 2. The molecule has 0 aliphatic rings. The molecule has 2 heterocycles. The largest absolute Gasteiger partial charge is 0.454 e. The second-order valence-electron chi connectivity index (χ2n) is 8.96. The third-order valence-corrected chi connectivity index (χ3v) is 6.71. The van der Waals surface area contributed by atoms with Crippen molar-refractivity contribution < 1.29 is 14.5 Å². The zero-order valence-electron chi connectivity index (χ0n) is 24.0. The Labute approximate surface area is 216 Å². The second kappa shape index (κ2) is 8.52. The summed E-state index contributed by atoms with van der Waals surface area (Å²) in [6.07, 6.45) is -0.0739. The summed E-state index contributed by atoms with van der Waals surface area (Å²) in [5, 5.41) is 11.8. The fraction of sp³-hybridized carbons (Fsp3) is 0.0909. The van der Waals surface area contributed by atoms with Gasteiger partial charge in [0.2, 0.25) is 5.69 Å². The molecule has 0 aliphatic heterocycles. The molecule has 0 fully saturated rings. The van der Waals surface area contributed by atoms with Gasteiger partial charge in [0.15, 0.2) is 6.17 Å². The number of rotatable bonds is 3. The molecule has 0 spiro atoms. The van der Waals surface area contributed by atoms with Crippen molar-refractivity contribution in [3.8, 4) is 39.6 Å². The van der Waals surface area contributed by atoms with Gasteiger partial charge in [-0.2, -0.15) is 5.26 Å². The second-order valence-corrected chi connectivity index (χ2v) is 8.96. The van der Waals surface area contributed by atoms with E-state index in [1.807, 2.05) is 67.6 Å².